The van der Waals surface area contributed by atoms with Crippen LogP contribution in [0.2, 0.25) is 0 Å². The third kappa shape index (κ3) is 1.74. The van der Waals surface area contributed by atoms with E-state index in [2.05, 4.69) is 60.0 Å². The molecule has 0 radical (unpaired) electrons. The zero-order chi connectivity index (χ0) is 10.8. The highest BCUT2D eigenvalue weighted by atomic mass is 32.1. The van der Waals surface area contributed by atoms with Gasteiger partial charge in [0.15, 0.2) is 0 Å². The van der Waals surface area contributed by atoms with Crippen LogP contribution in [0.1, 0.15) is 11.1 Å². The molecule has 0 bridgehead atoms. The Morgan fingerprint density at radius 2 is 1.56 bits per heavy atom. The van der Waals surface area contributed by atoms with Crippen molar-refractivity contribution < 1.29 is 0 Å². The van der Waals surface area contributed by atoms with E-state index in [9.17, 15) is 0 Å². The Kier molecular flexibility index (Phi) is 2.47. The van der Waals surface area contributed by atoms with Gasteiger partial charge in [-0.15, -0.1) is 11.3 Å². The fourth-order valence-electron chi connectivity index (χ4n) is 1.99. The number of thiophene rings is 1. The Morgan fingerprint density at radius 3 is 2.44 bits per heavy atom. The van der Waals surface area contributed by atoms with E-state index >= 15 is 0 Å². The van der Waals surface area contributed by atoms with Crippen molar-refractivity contribution in [3.8, 4) is 0 Å². The molecule has 0 N–H and O–H groups in total. The number of benzene rings is 2. The molecule has 0 saturated heterocycles. The molecule has 2 aromatic carbocycles. The molecule has 3 aromatic rings. The maximum Gasteiger partial charge on any atom is 0.0345 e. The number of hydrogen-bond donors (Lipinski definition) is 0. The maximum absolute atomic E-state index is 2.28. The van der Waals surface area contributed by atoms with Gasteiger partial charge in [0.05, 0.1) is 0 Å². The molecule has 1 heterocycles. The predicted molar refractivity (Wildman–Crippen MR) is 71.1 cm³/mol. The Bertz CT molecular complexity index is 593. The first-order chi connectivity index (χ1) is 7.93. The zero-order valence-corrected chi connectivity index (χ0v) is 9.71. The van der Waals surface area contributed by atoms with Gasteiger partial charge in [0.2, 0.25) is 0 Å². The fourth-order valence-corrected chi connectivity index (χ4v) is 2.95. The van der Waals surface area contributed by atoms with Gasteiger partial charge in [0, 0.05) is 4.70 Å². The van der Waals surface area contributed by atoms with Crippen molar-refractivity contribution in [3.05, 3.63) is 71.1 Å². The van der Waals surface area contributed by atoms with Gasteiger partial charge in [-0.1, -0.05) is 48.5 Å². The monoisotopic (exact) mass is 224 g/mol. The van der Waals surface area contributed by atoms with E-state index in [0.717, 1.165) is 6.42 Å². The van der Waals surface area contributed by atoms with Crippen LogP contribution in [0, 0.1) is 0 Å². The number of fused-ring (bicyclic) bond motifs is 1. The molecular weight excluding hydrogens is 212 g/mol. The number of hydrogen-bond acceptors (Lipinski definition) is 1. The zero-order valence-electron chi connectivity index (χ0n) is 8.89. The van der Waals surface area contributed by atoms with Crippen LogP contribution in [0.15, 0.2) is 60.0 Å². The van der Waals surface area contributed by atoms with Crippen molar-refractivity contribution in [2.24, 2.45) is 0 Å². The molecular formula is C15H12S. The quantitative estimate of drug-likeness (QED) is 0.601. The van der Waals surface area contributed by atoms with Gasteiger partial charge >= 0.3 is 0 Å². The minimum absolute atomic E-state index is 1.03. The molecule has 0 amide bonds. The number of rotatable bonds is 2. The topological polar surface area (TPSA) is 0 Å². The first-order valence-electron chi connectivity index (χ1n) is 5.42. The summed E-state index contributed by atoms with van der Waals surface area (Å²) in [7, 11) is 0. The smallest absolute Gasteiger partial charge is 0.0345 e. The second-order valence-electron chi connectivity index (χ2n) is 3.92. The van der Waals surface area contributed by atoms with Crippen LogP contribution in [0.25, 0.3) is 10.1 Å². The largest absolute Gasteiger partial charge is 0.144 e. The fraction of sp³-hybridized carbons (Fsp3) is 0.0667. The molecule has 0 unspecified atom stereocenters. The summed E-state index contributed by atoms with van der Waals surface area (Å²) in [5.41, 5.74) is 2.82. The Balaban J connectivity index is 2.01. The van der Waals surface area contributed by atoms with Crippen molar-refractivity contribution in [1.82, 2.24) is 0 Å². The van der Waals surface area contributed by atoms with Crippen LogP contribution in [-0.2, 0) is 6.42 Å². The lowest BCUT2D eigenvalue weighted by Crippen LogP contribution is -1.85. The van der Waals surface area contributed by atoms with Crippen LogP contribution < -0.4 is 0 Å². The lowest BCUT2D eigenvalue weighted by atomic mass is 10.0. The summed E-state index contributed by atoms with van der Waals surface area (Å²) in [5, 5.41) is 3.67. The molecule has 1 heteroatoms. The van der Waals surface area contributed by atoms with Gasteiger partial charge in [-0.05, 0) is 34.4 Å². The molecule has 3 rings (SSSR count). The van der Waals surface area contributed by atoms with E-state index < -0.39 is 0 Å². The lowest BCUT2D eigenvalue weighted by molar-refractivity contribution is 1.23. The van der Waals surface area contributed by atoms with Gasteiger partial charge in [0.25, 0.3) is 0 Å². The third-order valence-corrected chi connectivity index (χ3v) is 3.81. The minimum Gasteiger partial charge on any atom is -0.144 e. The van der Waals surface area contributed by atoms with Crippen LogP contribution in [0.3, 0.4) is 0 Å². The summed E-state index contributed by atoms with van der Waals surface area (Å²) in [6.07, 6.45) is 1.03. The Morgan fingerprint density at radius 1 is 0.812 bits per heavy atom. The molecule has 0 saturated carbocycles. The summed E-state index contributed by atoms with van der Waals surface area (Å²) in [4.78, 5) is 0. The molecule has 78 valence electrons. The molecule has 0 aliphatic carbocycles. The van der Waals surface area contributed by atoms with Crippen LogP contribution >= 0.6 is 11.3 Å². The average molecular weight is 224 g/mol. The lowest BCUT2D eigenvalue weighted by Gasteiger charge is -1.99. The normalized spacial score (nSPS) is 10.8. The van der Waals surface area contributed by atoms with Crippen LogP contribution in [-0.4, -0.2) is 0 Å². The van der Waals surface area contributed by atoms with E-state index in [1.807, 2.05) is 11.3 Å². The SMILES string of the molecule is c1ccc(Cc2csc3ccccc23)cc1. The molecule has 0 spiro atoms. The molecule has 1 aromatic heterocycles. The summed E-state index contributed by atoms with van der Waals surface area (Å²) in [6, 6.07) is 19.3. The van der Waals surface area contributed by atoms with Crippen molar-refractivity contribution in [3.63, 3.8) is 0 Å². The van der Waals surface area contributed by atoms with Crippen LogP contribution in [0.4, 0.5) is 0 Å². The van der Waals surface area contributed by atoms with E-state index in [0.29, 0.717) is 0 Å². The summed E-state index contributed by atoms with van der Waals surface area (Å²) >= 11 is 1.83. The predicted octanol–water partition coefficient (Wildman–Crippen LogP) is 4.49. The second kappa shape index (κ2) is 4.11. The van der Waals surface area contributed by atoms with Gasteiger partial charge < -0.3 is 0 Å². The van der Waals surface area contributed by atoms with Crippen molar-refractivity contribution >= 4 is 21.4 Å². The molecule has 0 aliphatic heterocycles. The molecule has 0 nitrogen and oxygen atoms in total. The maximum atomic E-state index is 2.28. The standard InChI is InChI=1S/C15H12S/c1-2-6-12(7-3-1)10-13-11-16-15-9-5-4-8-14(13)15/h1-9,11H,10H2. The highest BCUT2D eigenvalue weighted by Crippen LogP contribution is 2.27. The van der Waals surface area contributed by atoms with Gasteiger partial charge in [0.1, 0.15) is 0 Å². The summed E-state index contributed by atoms with van der Waals surface area (Å²) in [5.74, 6) is 0. The molecule has 0 fully saturated rings. The Hall–Kier alpha value is -1.60. The van der Waals surface area contributed by atoms with Crippen molar-refractivity contribution in [1.29, 1.82) is 0 Å². The Labute approximate surface area is 99.2 Å². The molecule has 0 aliphatic rings. The van der Waals surface area contributed by atoms with Gasteiger partial charge in [-0.25, -0.2) is 0 Å². The van der Waals surface area contributed by atoms with E-state index in [1.165, 1.54) is 21.2 Å². The summed E-state index contributed by atoms with van der Waals surface area (Å²) < 4.78 is 1.38. The minimum atomic E-state index is 1.03. The molecule has 16 heavy (non-hydrogen) atoms. The van der Waals surface area contributed by atoms with Crippen LogP contribution in [0.5, 0.6) is 0 Å². The van der Waals surface area contributed by atoms with Gasteiger partial charge in [-0.3, -0.25) is 0 Å². The first-order valence-corrected chi connectivity index (χ1v) is 6.30. The highest BCUT2D eigenvalue weighted by molar-refractivity contribution is 7.17. The van der Waals surface area contributed by atoms with Gasteiger partial charge in [-0.2, -0.15) is 0 Å². The van der Waals surface area contributed by atoms with Crippen molar-refractivity contribution in [2.45, 2.75) is 6.42 Å². The second-order valence-corrected chi connectivity index (χ2v) is 4.83. The summed E-state index contributed by atoms with van der Waals surface area (Å²) in [6.45, 7) is 0. The first kappa shape index (κ1) is 9.61. The average Bonchev–Trinajstić information content (AvgIpc) is 2.74. The van der Waals surface area contributed by atoms with Crippen molar-refractivity contribution in [2.75, 3.05) is 0 Å². The van der Waals surface area contributed by atoms with E-state index in [-0.39, 0.29) is 0 Å². The molecule has 0 atom stereocenters. The highest BCUT2D eigenvalue weighted by Gasteiger charge is 2.03. The van der Waals surface area contributed by atoms with E-state index in [4.69, 9.17) is 0 Å². The van der Waals surface area contributed by atoms with E-state index in [1.54, 1.807) is 0 Å². The third-order valence-electron chi connectivity index (χ3n) is 2.80.